The molecule has 0 aromatic heterocycles. The minimum absolute atomic E-state index is 0.720. The Bertz CT molecular complexity index is 165. The number of hydrogen-bond acceptors (Lipinski definition) is 0. The van der Waals surface area contributed by atoms with Gasteiger partial charge in [-0.25, -0.2) is 0 Å². The summed E-state index contributed by atoms with van der Waals surface area (Å²) < 4.78 is 0. The van der Waals surface area contributed by atoms with E-state index < -0.39 is 0 Å². The molecule has 0 radical (unpaired) electrons. The van der Waals surface area contributed by atoms with Crippen molar-refractivity contribution in [3.8, 4) is 0 Å². The molecule has 0 nitrogen and oxygen atoms in total. The van der Waals surface area contributed by atoms with Crippen molar-refractivity contribution in [1.82, 2.24) is 0 Å². The first-order valence-electron chi connectivity index (χ1n) is 6.05. The lowest BCUT2D eigenvalue weighted by atomic mass is 9.74. The average Bonchev–Trinajstić information content (AvgIpc) is 2.02. The third kappa shape index (κ3) is 4.30. The van der Waals surface area contributed by atoms with Crippen LogP contribution in [0.5, 0.6) is 0 Å². The van der Waals surface area contributed by atoms with Gasteiger partial charge in [0.1, 0.15) is 0 Å². The number of rotatable bonds is 6. The van der Waals surface area contributed by atoms with Crippen LogP contribution < -0.4 is 0 Å². The van der Waals surface area contributed by atoms with E-state index in [4.69, 9.17) is 0 Å². The van der Waals surface area contributed by atoms with Gasteiger partial charge in [0.15, 0.2) is 0 Å². The van der Waals surface area contributed by atoms with E-state index in [1.807, 2.05) is 0 Å². The van der Waals surface area contributed by atoms with E-state index in [1.54, 1.807) is 0 Å². The minimum atomic E-state index is 0.720. The van der Waals surface area contributed by atoms with Crippen LogP contribution in [0, 0.1) is 23.7 Å². The second-order valence-electron chi connectivity index (χ2n) is 5.40. The summed E-state index contributed by atoms with van der Waals surface area (Å²) in [5.74, 6) is 3.12. The Morgan fingerprint density at radius 2 is 1.64 bits per heavy atom. The SMILES string of the molecule is C=C(C)C(CC)C(CC(C)C)C(C)C. The minimum Gasteiger partial charge on any atom is -0.0999 e. The van der Waals surface area contributed by atoms with Crippen molar-refractivity contribution in [2.24, 2.45) is 23.7 Å². The fourth-order valence-corrected chi connectivity index (χ4v) is 2.46. The van der Waals surface area contributed by atoms with E-state index in [-0.39, 0.29) is 0 Å². The van der Waals surface area contributed by atoms with E-state index >= 15 is 0 Å². The van der Waals surface area contributed by atoms with Crippen LogP contribution in [0.4, 0.5) is 0 Å². The van der Waals surface area contributed by atoms with Crippen molar-refractivity contribution in [1.29, 1.82) is 0 Å². The van der Waals surface area contributed by atoms with Gasteiger partial charge < -0.3 is 0 Å². The van der Waals surface area contributed by atoms with Crippen molar-refractivity contribution >= 4 is 0 Å². The molecule has 0 aliphatic rings. The molecule has 0 saturated carbocycles. The standard InChI is InChI=1S/C14H28/c1-8-13(11(4)5)14(12(6)7)9-10(2)3/h10,12-14H,4,8-9H2,1-3,5-7H3. The molecular formula is C14H28. The molecule has 0 fully saturated rings. The maximum absolute atomic E-state index is 4.14. The van der Waals surface area contributed by atoms with Crippen molar-refractivity contribution in [3.63, 3.8) is 0 Å². The normalized spacial score (nSPS) is 16.0. The van der Waals surface area contributed by atoms with Gasteiger partial charge in [-0.1, -0.05) is 46.8 Å². The molecule has 0 aliphatic heterocycles. The van der Waals surface area contributed by atoms with Crippen LogP contribution in [0.3, 0.4) is 0 Å². The first-order valence-corrected chi connectivity index (χ1v) is 6.05. The Balaban J connectivity index is 4.52. The molecule has 14 heavy (non-hydrogen) atoms. The fourth-order valence-electron chi connectivity index (χ4n) is 2.46. The smallest absolute Gasteiger partial charge is 0.0180 e. The third-order valence-electron chi connectivity index (χ3n) is 3.19. The number of hydrogen-bond donors (Lipinski definition) is 0. The Morgan fingerprint density at radius 1 is 1.14 bits per heavy atom. The highest BCUT2D eigenvalue weighted by Gasteiger charge is 2.24. The van der Waals surface area contributed by atoms with E-state index in [0.717, 1.165) is 23.7 Å². The predicted molar refractivity (Wildman–Crippen MR) is 66.4 cm³/mol. The van der Waals surface area contributed by atoms with Crippen molar-refractivity contribution in [3.05, 3.63) is 12.2 Å². The maximum Gasteiger partial charge on any atom is -0.0180 e. The van der Waals surface area contributed by atoms with E-state index in [9.17, 15) is 0 Å². The first kappa shape index (κ1) is 13.7. The number of allylic oxidation sites excluding steroid dienone is 1. The zero-order valence-electron chi connectivity index (χ0n) is 10.9. The van der Waals surface area contributed by atoms with E-state index in [0.29, 0.717) is 0 Å². The Hall–Kier alpha value is -0.260. The molecule has 84 valence electrons. The molecule has 2 atom stereocenters. The molecule has 0 aromatic rings. The van der Waals surface area contributed by atoms with Gasteiger partial charge in [-0.3, -0.25) is 0 Å². The van der Waals surface area contributed by atoms with Gasteiger partial charge in [0.25, 0.3) is 0 Å². The van der Waals surface area contributed by atoms with Gasteiger partial charge in [-0.05, 0) is 43.4 Å². The second kappa shape index (κ2) is 6.27. The summed E-state index contributed by atoms with van der Waals surface area (Å²) in [6.07, 6.45) is 2.58. The van der Waals surface area contributed by atoms with Crippen LogP contribution in [-0.4, -0.2) is 0 Å². The summed E-state index contributed by atoms with van der Waals surface area (Å²) in [5.41, 5.74) is 1.37. The van der Waals surface area contributed by atoms with E-state index in [2.05, 4.69) is 48.1 Å². The van der Waals surface area contributed by atoms with Crippen LogP contribution in [0.1, 0.15) is 54.4 Å². The molecule has 0 saturated heterocycles. The summed E-state index contributed by atoms with van der Waals surface area (Å²) in [7, 11) is 0. The molecule has 0 bridgehead atoms. The summed E-state index contributed by atoms with van der Waals surface area (Å²) in [6.45, 7) is 17.9. The quantitative estimate of drug-likeness (QED) is 0.530. The highest BCUT2D eigenvalue weighted by atomic mass is 14.3. The Morgan fingerprint density at radius 3 is 1.86 bits per heavy atom. The zero-order chi connectivity index (χ0) is 11.3. The molecule has 0 heteroatoms. The summed E-state index contributed by atoms with van der Waals surface area (Å²) in [5, 5.41) is 0. The molecule has 0 rings (SSSR count). The third-order valence-corrected chi connectivity index (χ3v) is 3.19. The summed E-state index contributed by atoms with van der Waals surface area (Å²) in [6, 6.07) is 0. The Kier molecular flexibility index (Phi) is 6.15. The molecule has 0 spiro atoms. The van der Waals surface area contributed by atoms with Gasteiger partial charge in [-0.15, -0.1) is 0 Å². The lowest BCUT2D eigenvalue weighted by molar-refractivity contribution is 0.234. The second-order valence-corrected chi connectivity index (χ2v) is 5.40. The highest BCUT2D eigenvalue weighted by Crippen LogP contribution is 2.33. The van der Waals surface area contributed by atoms with Gasteiger partial charge in [0.05, 0.1) is 0 Å². The van der Waals surface area contributed by atoms with Crippen LogP contribution in [0.25, 0.3) is 0 Å². The van der Waals surface area contributed by atoms with Crippen LogP contribution in [-0.2, 0) is 0 Å². The van der Waals surface area contributed by atoms with Crippen LogP contribution >= 0.6 is 0 Å². The fraction of sp³-hybridized carbons (Fsp3) is 0.857. The zero-order valence-corrected chi connectivity index (χ0v) is 10.9. The molecule has 0 aliphatic carbocycles. The van der Waals surface area contributed by atoms with Crippen molar-refractivity contribution in [2.45, 2.75) is 54.4 Å². The lowest BCUT2D eigenvalue weighted by Crippen LogP contribution is -2.22. The highest BCUT2D eigenvalue weighted by molar-refractivity contribution is 4.99. The van der Waals surface area contributed by atoms with Crippen molar-refractivity contribution in [2.75, 3.05) is 0 Å². The van der Waals surface area contributed by atoms with Crippen molar-refractivity contribution < 1.29 is 0 Å². The van der Waals surface area contributed by atoms with Crippen LogP contribution in [0.2, 0.25) is 0 Å². The maximum atomic E-state index is 4.14. The molecule has 0 aromatic carbocycles. The monoisotopic (exact) mass is 196 g/mol. The largest absolute Gasteiger partial charge is 0.0999 e. The van der Waals surface area contributed by atoms with Gasteiger partial charge in [0.2, 0.25) is 0 Å². The predicted octanol–water partition coefficient (Wildman–Crippen LogP) is 4.91. The average molecular weight is 196 g/mol. The first-order chi connectivity index (χ1) is 6.40. The Labute approximate surface area is 90.8 Å². The van der Waals surface area contributed by atoms with E-state index in [1.165, 1.54) is 18.4 Å². The lowest BCUT2D eigenvalue weighted by Gasteiger charge is -2.31. The molecule has 0 amide bonds. The topological polar surface area (TPSA) is 0 Å². The van der Waals surface area contributed by atoms with Gasteiger partial charge >= 0.3 is 0 Å². The molecule has 0 heterocycles. The van der Waals surface area contributed by atoms with Crippen LogP contribution in [0.15, 0.2) is 12.2 Å². The molecule has 2 unspecified atom stereocenters. The summed E-state index contributed by atoms with van der Waals surface area (Å²) in [4.78, 5) is 0. The molecular weight excluding hydrogens is 168 g/mol. The van der Waals surface area contributed by atoms with Gasteiger partial charge in [0, 0.05) is 0 Å². The van der Waals surface area contributed by atoms with Gasteiger partial charge in [-0.2, -0.15) is 0 Å². The summed E-state index contributed by atoms with van der Waals surface area (Å²) >= 11 is 0. The molecule has 0 N–H and O–H groups in total.